The van der Waals surface area contributed by atoms with E-state index < -0.39 is 11.7 Å². The van der Waals surface area contributed by atoms with Crippen LogP contribution in [0.3, 0.4) is 0 Å². The zero-order valence-electron chi connectivity index (χ0n) is 25.2. The van der Waals surface area contributed by atoms with E-state index in [1.54, 1.807) is 42.7 Å². The highest BCUT2D eigenvalue weighted by Gasteiger charge is 2.20. The summed E-state index contributed by atoms with van der Waals surface area (Å²) in [6, 6.07) is 22.3. The number of hydrogen-bond acceptors (Lipinski definition) is 9. The predicted molar refractivity (Wildman–Crippen MR) is 164 cm³/mol. The number of aliphatic hydroxyl groups excluding tert-OH is 1. The van der Waals surface area contributed by atoms with Crippen molar-refractivity contribution in [2.45, 2.75) is 59.1 Å². The van der Waals surface area contributed by atoms with Crippen LogP contribution in [0.15, 0.2) is 82.1 Å². The fraction of sp³-hybridized carbons (Fsp3) is 0.294. The number of aliphatic hydroxyl groups is 1. The van der Waals surface area contributed by atoms with E-state index >= 15 is 0 Å². The summed E-state index contributed by atoms with van der Waals surface area (Å²) in [5.41, 5.74) is 2.99. The summed E-state index contributed by atoms with van der Waals surface area (Å²) >= 11 is 0. The smallest absolute Gasteiger partial charge is 0.297 e. The highest BCUT2D eigenvalue weighted by molar-refractivity contribution is 5.80. The minimum atomic E-state index is -0.738. The first-order valence-electron chi connectivity index (χ1n) is 14.6. The molecule has 0 unspecified atom stereocenters. The molecule has 5 rings (SSSR count). The van der Waals surface area contributed by atoms with Crippen molar-refractivity contribution >= 4 is 0 Å². The van der Waals surface area contributed by atoms with Crippen LogP contribution in [0.4, 0.5) is 0 Å². The molecule has 2 heterocycles. The van der Waals surface area contributed by atoms with Gasteiger partial charge in [0.15, 0.2) is 11.9 Å². The van der Waals surface area contributed by atoms with Crippen molar-refractivity contribution in [2.24, 2.45) is 0 Å². The van der Waals surface area contributed by atoms with Crippen LogP contribution in [0.5, 0.6) is 23.3 Å². The van der Waals surface area contributed by atoms with E-state index in [-0.39, 0.29) is 23.7 Å². The Balaban J connectivity index is 1.44. The first-order valence-corrected chi connectivity index (χ1v) is 14.6. The van der Waals surface area contributed by atoms with E-state index in [9.17, 15) is 15.0 Å². The van der Waals surface area contributed by atoms with Crippen LogP contribution in [0.2, 0.25) is 0 Å². The SMILES string of the molecule is CCCc1nc(CC)c(Oc2ccc(OC(C)(C)CO)cc2)c(=O)n1Cc1ccc(-c2ccccc2-c2noc([O-])n2)cc1. The van der Waals surface area contributed by atoms with Gasteiger partial charge < -0.3 is 24.2 Å². The monoisotopic (exact) mass is 595 g/mol. The highest BCUT2D eigenvalue weighted by Crippen LogP contribution is 2.31. The molecule has 0 aliphatic carbocycles. The maximum absolute atomic E-state index is 13.9. The van der Waals surface area contributed by atoms with E-state index in [2.05, 4.69) is 21.6 Å². The van der Waals surface area contributed by atoms with Gasteiger partial charge >= 0.3 is 0 Å². The minimum Gasteiger partial charge on any atom is -0.528 e. The molecule has 0 atom stereocenters. The summed E-state index contributed by atoms with van der Waals surface area (Å²) in [4.78, 5) is 22.6. The quantitative estimate of drug-likeness (QED) is 0.197. The molecule has 0 aliphatic heterocycles. The zero-order chi connectivity index (χ0) is 31.3. The number of aryl methyl sites for hydroxylation is 2. The van der Waals surface area contributed by atoms with Gasteiger partial charge in [-0.3, -0.25) is 9.36 Å². The standard InChI is InChI=1S/C34H36N4O6/c1-5-9-29-35-28(6-2)30(42-24-16-18-25(19-17-24)43-34(3,4)21-39)32(40)38(29)20-22-12-14-23(15-13-22)26-10-7-8-11-27(26)31-36-33(41)44-37-31/h7-8,10-19,39H,5-6,9,20-21H2,1-4H3,(H,36,37,41)/p-1. The molecule has 0 bridgehead atoms. The van der Waals surface area contributed by atoms with Crippen LogP contribution in [-0.2, 0) is 19.4 Å². The summed E-state index contributed by atoms with van der Waals surface area (Å²) in [6.45, 7) is 7.79. The normalized spacial score (nSPS) is 11.5. The Kier molecular flexibility index (Phi) is 9.10. The second kappa shape index (κ2) is 13.1. The second-order valence-electron chi connectivity index (χ2n) is 11.0. The van der Waals surface area contributed by atoms with Crippen molar-refractivity contribution in [1.82, 2.24) is 19.7 Å². The average molecular weight is 596 g/mol. The van der Waals surface area contributed by atoms with Crippen molar-refractivity contribution in [3.63, 3.8) is 0 Å². The molecule has 0 saturated carbocycles. The van der Waals surface area contributed by atoms with E-state index in [1.807, 2.05) is 55.5 Å². The lowest BCUT2D eigenvalue weighted by molar-refractivity contribution is -0.303. The molecule has 1 N–H and O–H groups in total. The van der Waals surface area contributed by atoms with Crippen LogP contribution in [0.1, 0.15) is 51.2 Å². The number of hydrogen-bond donors (Lipinski definition) is 1. The largest absolute Gasteiger partial charge is 0.528 e. The number of nitrogens with zero attached hydrogens (tertiary/aromatic N) is 4. The third-order valence-electron chi connectivity index (χ3n) is 7.09. The molecule has 5 aromatic rings. The zero-order valence-corrected chi connectivity index (χ0v) is 25.2. The fourth-order valence-electron chi connectivity index (χ4n) is 4.82. The first kappa shape index (κ1) is 30.5. The number of benzene rings is 3. The van der Waals surface area contributed by atoms with Crippen LogP contribution >= 0.6 is 0 Å². The number of ether oxygens (including phenoxy) is 2. The molecule has 0 fully saturated rings. The molecule has 0 radical (unpaired) electrons. The van der Waals surface area contributed by atoms with Crippen molar-refractivity contribution in [3.8, 4) is 45.8 Å². The molecule has 3 aromatic carbocycles. The van der Waals surface area contributed by atoms with Crippen LogP contribution in [-0.4, -0.2) is 37.0 Å². The summed E-state index contributed by atoms with van der Waals surface area (Å²) in [7, 11) is 0. The van der Waals surface area contributed by atoms with Crippen LogP contribution < -0.4 is 20.1 Å². The predicted octanol–water partition coefficient (Wildman–Crippen LogP) is 5.54. The Morgan fingerprint density at radius 2 is 1.61 bits per heavy atom. The third kappa shape index (κ3) is 6.81. The van der Waals surface area contributed by atoms with Crippen molar-refractivity contribution in [3.05, 3.63) is 100 Å². The number of aromatic nitrogens is 4. The lowest BCUT2D eigenvalue weighted by atomic mass is 9.98. The molecule has 2 aromatic heterocycles. The molecule has 0 amide bonds. The van der Waals surface area contributed by atoms with Gasteiger partial charge in [0.2, 0.25) is 5.75 Å². The van der Waals surface area contributed by atoms with Gasteiger partial charge in [-0.15, -0.1) is 0 Å². The van der Waals surface area contributed by atoms with Crippen molar-refractivity contribution in [2.75, 3.05) is 6.61 Å². The van der Waals surface area contributed by atoms with Gasteiger partial charge in [-0.25, -0.2) is 9.97 Å². The Hall–Kier alpha value is -4.96. The van der Waals surface area contributed by atoms with Gasteiger partial charge in [0.05, 0.1) is 18.8 Å². The third-order valence-corrected chi connectivity index (χ3v) is 7.09. The molecule has 0 aliphatic rings. The maximum atomic E-state index is 13.9. The lowest BCUT2D eigenvalue weighted by Gasteiger charge is -2.24. The fourth-order valence-corrected chi connectivity index (χ4v) is 4.82. The van der Waals surface area contributed by atoms with E-state index in [4.69, 9.17) is 14.5 Å². The minimum absolute atomic E-state index is 0.125. The summed E-state index contributed by atoms with van der Waals surface area (Å²) in [5.74, 6) is 2.20. The van der Waals surface area contributed by atoms with Gasteiger partial charge in [-0.1, -0.05) is 62.4 Å². The van der Waals surface area contributed by atoms with E-state index in [1.165, 1.54) is 0 Å². The Morgan fingerprint density at radius 1 is 0.932 bits per heavy atom. The Bertz CT molecular complexity index is 1780. The van der Waals surface area contributed by atoms with Gasteiger partial charge in [0.1, 0.15) is 22.9 Å². The number of rotatable bonds is 12. The van der Waals surface area contributed by atoms with Crippen LogP contribution in [0.25, 0.3) is 22.5 Å². The summed E-state index contributed by atoms with van der Waals surface area (Å²) < 4.78 is 18.3. The van der Waals surface area contributed by atoms with Crippen molar-refractivity contribution < 1.29 is 24.2 Å². The van der Waals surface area contributed by atoms with E-state index in [0.717, 1.165) is 23.1 Å². The second-order valence-corrected chi connectivity index (χ2v) is 11.0. The molecule has 44 heavy (non-hydrogen) atoms. The van der Waals surface area contributed by atoms with E-state index in [0.29, 0.717) is 48.0 Å². The summed E-state index contributed by atoms with van der Waals surface area (Å²) in [6.07, 6.45) is 1.28. The molecule has 0 spiro atoms. The molecule has 0 saturated heterocycles. The molecular weight excluding hydrogens is 560 g/mol. The van der Waals surface area contributed by atoms with Crippen molar-refractivity contribution in [1.29, 1.82) is 0 Å². The highest BCUT2D eigenvalue weighted by atomic mass is 16.6. The van der Waals surface area contributed by atoms with Gasteiger partial charge in [0.25, 0.3) is 5.56 Å². The maximum Gasteiger partial charge on any atom is 0.297 e. The molecule has 10 heteroatoms. The topological polar surface area (TPSA) is 136 Å². The van der Waals surface area contributed by atoms with Crippen LogP contribution in [0, 0.1) is 0 Å². The Labute approximate surface area is 255 Å². The lowest BCUT2D eigenvalue weighted by Crippen LogP contribution is -2.32. The Morgan fingerprint density at radius 3 is 2.23 bits per heavy atom. The molecular formula is C34H35N4O6-. The molecule has 228 valence electrons. The van der Waals surface area contributed by atoms with Gasteiger partial charge in [-0.2, -0.15) is 5.16 Å². The first-order chi connectivity index (χ1) is 21.2. The van der Waals surface area contributed by atoms with Gasteiger partial charge in [-0.05, 0) is 67.6 Å². The molecule has 10 nitrogen and oxygen atoms in total. The summed E-state index contributed by atoms with van der Waals surface area (Å²) in [5, 5.41) is 24.8. The average Bonchev–Trinajstić information content (AvgIpc) is 3.47. The van der Waals surface area contributed by atoms with Gasteiger partial charge in [0, 0.05) is 12.0 Å².